The maximum atomic E-state index is 12.8. The fraction of sp³-hybridized carbons (Fsp3) is 0.471. The molecule has 1 unspecified atom stereocenters. The Hall–Kier alpha value is -2.61. The van der Waals surface area contributed by atoms with Gasteiger partial charge in [0.15, 0.2) is 0 Å². The maximum Gasteiger partial charge on any atom is 0.435 e. The molecule has 25 heavy (non-hydrogen) atoms. The molecule has 0 spiro atoms. The lowest BCUT2D eigenvalue weighted by molar-refractivity contribution is -0.178. The van der Waals surface area contributed by atoms with Crippen molar-refractivity contribution in [2.24, 2.45) is 0 Å². The molecule has 0 aliphatic carbocycles. The topological polar surface area (TPSA) is 102 Å². The molecule has 0 radical (unpaired) electrons. The number of esters is 1. The lowest BCUT2D eigenvalue weighted by Gasteiger charge is -2.33. The number of carbonyl (C=O) groups is 3. The van der Waals surface area contributed by atoms with Crippen molar-refractivity contribution >= 4 is 17.8 Å². The van der Waals surface area contributed by atoms with E-state index in [1.165, 1.54) is 31.4 Å². The molecule has 8 heteroatoms. The van der Waals surface area contributed by atoms with E-state index in [9.17, 15) is 19.6 Å². The van der Waals surface area contributed by atoms with Crippen molar-refractivity contribution in [1.29, 1.82) is 0 Å². The second-order valence-corrected chi connectivity index (χ2v) is 6.41. The highest BCUT2D eigenvalue weighted by Crippen LogP contribution is 2.25. The number of rotatable bonds is 5. The Balaban J connectivity index is 3.27. The third kappa shape index (κ3) is 4.48. The molecule has 0 aliphatic rings. The zero-order valence-electron chi connectivity index (χ0n) is 15.2. The average molecular weight is 353 g/mol. The van der Waals surface area contributed by atoms with Gasteiger partial charge in [-0.3, -0.25) is 10.0 Å². The summed E-state index contributed by atoms with van der Waals surface area (Å²) < 4.78 is 14.6. The van der Waals surface area contributed by atoms with E-state index in [0.717, 1.165) is 14.0 Å². The summed E-state index contributed by atoms with van der Waals surface area (Å²) in [6.07, 6.45) is -1.25. The first-order valence-corrected chi connectivity index (χ1v) is 7.46. The van der Waals surface area contributed by atoms with Crippen LogP contribution in [-0.2, 0) is 14.3 Å². The number of nitrogens with zero attached hydrogens (tertiary/aromatic N) is 1. The molecule has 1 aromatic rings. The van der Waals surface area contributed by atoms with Gasteiger partial charge >= 0.3 is 12.1 Å². The van der Waals surface area contributed by atoms with Crippen LogP contribution in [0.3, 0.4) is 0 Å². The molecule has 8 nitrogen and oxygen atoms in total. The Morgan fingerprint density at radius 3 is 1.92 bits per heavy atom. The number of hydrogen-bond acceptors (Lipinski definition) is 7. The number of hydrogen-bond donors (Lipinski definition) is 1. The van der Waals surface area contributed by atoms with Gasteiger partial charge in [0.1, 0.15) is 11.4 Å². The second-order valence-electron chi connectivity index (χ2n) is 6.41. The van der Waals surface area contributed by atoms with Crippen molar-refractivity contribution in [3.05, 3.63) is 29.8 Å². The van der Waals surface area contributed by atoms with Gasteiger partial charge in [-0.15, -0.1) is 0 Å². The highest BCUT2D eigenvalue weighted by molar-refractivity contribution is 6.17. The fourth-order valence-electron chi connectivity index (χ4n) is 1.99. The molecule has 1 N–H and O–H groups in total. The van der Waals surface area contributed by atoms with E-state index in [4.69, 9.17) is 9.47 Å². The third-order valence-corrected chi connectivity index (χ3v) is 3.37. The van der Waals surface area contributed by atoms with Gasteiger partial charge in [0, 0.05) is 5.56 Å². The summed E-state index contributed by atoms with van der Waals surface area (Å²) in [6.45, 7) is 5.83. The quantitative estimate of drug-likeness (QED) is 0.285. The van der Waals surface area contributed by atoms with E-state index in [2.05, 4.69) is 4.74 Å². The smallest absolute Gasteiger partial charge is 0.435 e. The van der Waals surface area contributed by atoms with Gasteiger partial charge in [0.05, 0.1) is 14.2 Å². The van der Waals surface area contributed by atoms with Gasteiger partial charge in [-0.2, -0.15) is 5.06 Å². The maximum absolute atomic E-state index is 12.8. The molecule has 1 aromatic carbocycles. The van der Waals surface area contributed by atoms with Crippen LogP contribution in [0.4, 0.5) is 4.79 Å². The van der Waals surface area contributed by atoms with Gasteiger partial charge < -0.3 is 14.2 Å². The number of hydroxylamine groups is 2. The molecule has 0 bridgehead atoms. The molecular formula is C17H23NO7. The van der Waals surface area contributed by atoms with Crippen LogP contribution in [0.1, 0.15) is 38.1 Å². The number of benzene rings is 1. The van der Waals surface area contributed by atoms with E-state index < -0.39 is 29.0 Å². The largest absolute Gasteiger partial charge is 0.497 e. The Morgan fingerprint density at radius 2 is 1.52 bits per heavy atom. The number of amides is 1. The predicted octanol–water partition coefficient (Wildman–Crippen LogP) is 2.44. The molecule has 0 aliphatic heterocycles. The highest BCUT2D eigenvalue weighted by atomic mass is 16.6. The Labute approximate surface area is 146 Å². The normalized spacial score (nSPS) is 13.4. The number of methoxy groups -OCH3 is 2. The van der Waals surface area contributed by atoms with Crippen molar-refractivity contribution in [1.82, 2.24) is 5.06 Å². The predicted molar refractivity (Wildman–Crippen MR) is 87.6 cm³/mol. The zero-order chi connectivity index (χ0) is 19.4. The SMILES string of the molecule is COC(=O)C(C)(C(=O)c1ccc(OC)cc1)N(O)C(=O)OC(C)(C)C. The first kappa shape index (κ1) is 20.4. The fourth-order valence-corrected chi connectivity index (χ4v) is 1.99. The van der Waals surface area contributed by atoms with E-state index in [1.807, 2.05) is 0 Å². The van der Waals surface area contributed by atoms with Crippen LogP contribution in [0, 0.1) is 0 Å². The van der Waals surface area contributed by atoms with Crippen molar-refractivity contribution in [3.8, 4) is 5.75 Å². The van der Waals surface area contributed by atoms with Crippen molar-refractivity contribution in [3.63, 3.8) is 0 Å². The molecular weight excluding hydrogens is 330 g/mol. The van der Waals surface area contributed by atoms with Crippen molar-refractivity contribution < 1.29 is 33.8 Å². The van der Waals surface area contributed by atoms with Crippen LogP contribution in [0.15, 0.2) is 24.3 Å². The van der Waals surface area contributed by atoms with Crippen LogP contribution in [-0.4, -0.2) is 53.5 Å². The number of carbonyl (C=O) groups excluding carboxylic acids is 3. The minimum Gasteiger partial charge on any atom is -0.497 e. The van der Waals surface area contributed by atoms with Gasteiger partial charge in [-0.25, -0.2) is 9.59 Å². The molecule has 0 aromatic heterocycles. The van der Waals surface area contributed by atoms with E-state index in [0.29, 0.717) is 5.75 Å². The Morgan fingerprint density at radius 1 is 1.00 bits per heavy atom. The van der Waals surface area contributed by atoms with Crippen LogP contribution in [0.25, 0.3) is 0 Å². The first-order valence-electron chi connectivity index (χ1n) is 7.46. The standard InChI is InChI=1S/C17H23NO7/c1-16(2,3)25-15(21)18(22)17(4,14(20)24-6)13(19)11-7-9-12(23-5)10-8-11/h7-10,22H,1-6H3. The number of ketones is 1. The van der Waals surface area contributed by atoms with E-state index in [-0.39, 0.29) is 10.6 Å². The van der Waals surface area contributed by atoms with Crippen LogP contribution in [0.5, 0.6) is 5.75 Å². The summed E-state index contributed by atoms with van der Waals surface area (Å²) in [5.74, 6) is -1.44. The number of ether oxygens (including phenoxy) is 3. The summed E-state index contributed by atoms with van der Waals surface area (Å²) in [4.78, 5) is 37.2. The average Bonchev–Trinajstić information content (AvgIpc) is 2.57. The Bertz CT molecular complexity index is 648. The summed E-state index contributed by atoms with van der Waals surface area (Å²) >= 11 is 0. The van der Waals surface area contributed by atoms with Gasteiger partial charge in [0.2, 0.25) is 11.3 Å². The molecule has 1 amide bonds. The summed E-state index contributed by atoms with van der Waals surface area (Å²) in [6, 6.07) is 5.84. The first-order chi connectivity index (χ1) is 11.5. The lowest BCUT2D eigenvalue weighted by Crippen LogP contribution is -2.60. The molecule has 0 fully saturated rings. The van der Waals surface area contributed by atoms with Gasteiger partial charge in [0.25, 0.3) is 0 Å². The van der Waals surface area contributed by atoms with Crippen molar-refractivity contribution in [2.75, 3.05) is 14.2 Å². The minimum absolute atomic E-state index is 0.0450. The van der Waals surface area contributed by atoms with Crippen molar-refractivity contribution in [2.45, 2.75) is 38.8 Å². The molecule has 0 heterocycles. The molecule has 1 rings (SSSR count). The molecule has 0 saturated carbocycles. The van der Waals surface area contributed by atoms with E-state index >= 15 is 0 Å². The molecule has 0 saturated heterocycles. The van der Waals surface area contributed by atoms with Crippen LogP contribution < -0.4 is 4.74 Å². The third-order valence-electron chi connectivity index (χ3n) is 3.37. The summed E-state index contributed by atoms with van der Waals surface area (Å²) in [5, 5.41) is 10.2. The van der Waals surface area contributed by atoms with Gasteiger partial charge in [-0.05, 0) is 52.0 Å². The lowest BCUT2D eigenvalue weighted by atomic mass is 9.90. The molecule has 138 valence electrons. The highest BCUT2D eigenvalue weighted by Gasteiger charge is 2.51. The second kappa shape index (κ2) is 7.52. The summed E-state index contributed by atoms with van der Waals surface area (Å²) in [5.41, 5.74) is -3.17. The van der Waals surface area contributed by atoms with E-state index in [1.54, 1.807) is 20.8 Å². The van der Waals surface area contributed by atoms with Crippen LogP contribution >= 0.6 is 0 Å². The Kier molecular flexibility index (Phi) is 6.15. The minimum atomic E-state index is -2.31. The zero-order valence-corrected chi connectivity index (χ0v) is 15.2. The summed E-state index contributed by atoms with van der Waals surface area (Å²) in [7, 11) is 2.51. The molecule has 1 atom stereocenters. The number of Topliss-reactive ketones (excluding diaryl/α,β-unsaturated/α-hetero) is 1. The monoisotopic (exact) mass is 353 g/mol. The van der Waals surface area contributed by atoms with Gasteiger partial charge in [-0.1, -0.05) is 0 Å². The van der Waals surface area contributed by atoms with Crippen LogP contribution in [0.2, 0.25) is 0 Å².